The molecule has 0 radical (unpaired) electrons. The van der Waals surface area contributed by atoms with Crippen LogP contribution >= 0.6 is 11.6 Å². The zero-order valence-corrected chi connectivity index (χ0v) is 16.9. The summed E-state index contributed by atoms with van der Waals surface area (Å²) in [6.45, 7) is 0. The van der Waals surface area contributed by atoms with Crippen molar-refractivity contribution >= 4 is 17.4 Å². The fourth-order valence-electron chi connectivity index (χ4n) is 2.95. The molecule has 0 aliphatic rings. The fourth-order valence-corrected chi connectivity index (χ4v) is 3.26. The highest BCUT2D eigenvalue weighted by Gasteiger charge is 2.39. The topological polar surface area (TPSA) is 47.8 Å². The highest BCUT2D eigenvalue weighted by atomic mass is 35.5. The Hall–Kier alpha value is -3.02. The van der Waals surface area contributed by atoms with E-state index in [1.807, 2.05) is 0 Å². The van der Waals surface area contributed by atoms with Gasteiger partial charge in [0.15, 0.2) is 11.5 Å². The molecular formula is C20H12ClF8N3O. The Morgan fingerprint density at radius 3 is 2.27 bits per heavy atom. The van der Waals surface area contributed by atoms with Gasteiger partial charge in [0.05, 0.1) is 22.5 Å². The molecule has 0 saturated carbocycles. The Balaban J connectivity index is 1.78. The molecule has 0 aliphatic carbocycles. The Kier molecular flexibility index (Phi) is 6.51. The predicted molar refractivity (Wildman–Crippen MR) is 100 cm³/mol. The van der Waals surface area contributed by atoms with Crippen molar-refractivity contribution in [2.45, 2.75) is 31.1 Å². The van der Waals surface area contributed by atoms with Crippen LogP contribution in [0, 0.1) is 0 Å². The molecule has 4 nitrogen and oxygen atoms in total. The number of carbonyl (C=O) groups is 1. The number of hydrogen-bond acceptors (Lipinski definition) is 3. The van der Waals surface area contributed by atoms with Crippen LogP contribution < -0.4 is 0 Å². The number of rotatable bonds is 6. The van der Waals surface area contributed by atoms with Gasteiger partial charge in [-0.3, -0.25) is 9.78 Å². The van der Waals surface area contributed by atoms with Gasteiger partial charge in [0.2, 0.25) is 0 Å². The van der Waals surface area contributed by atoms with E-state index in [1.165, 1.54) is 0 Å². The van der Waals surface area contributed by atoms with Gasteiger partial charge in [0.25, 0.3) is 5.92 Å². The zero-order valence-electron chi connectivity index (χ0n) is 16.2. The molecule has 3 aromatic rings. The van der Waals surface area contributed by atoms with Crippen molar-refractivity contribution in [3.63, 3.8) is 0 Å². The van der Waals surface area contributed by atoms with Gasteiger partial charge < -0.3 is 0 Å². The lowest BCUT2D eigenvalue weighted by atomic mass is 9.98. The van der Waals surface area contributed by atoms with Crippen molar-refractivity contribution in [1.82, 2.24) is 14.8 Å². The van der Waals surface area contributed by atoms with E-state index in [-0.39, 0.29) is 5.69 Å². The fraction of sp³-hybridized carbons (Fsp3) is 0.250. The highest BCUT2D eigenvalue weighted by Crippen LogP contribution is 2.39. The summed E-state index contributed by atoms with van der Waals surface area (Å²) in [6, 6.07) is 4.78. The van der Waals surface area contributed by atoms with Crippen molar-refractivity contribution in [2.75, 3.05) is 0 Å². The second kappa shape index (κ2) is 8.73. The van der Waals surface area contributed by atoms with E-state index in [0.29, 0.717) is 12.4 Å². The molecule has 0 saturated heterocycles. The van der Waals surface area contributed by atoms with Crippen LogP contribution in [0.1, 0.15) is 40.0 Å². The standard InChI is InChI=1S/C20H12ClF8N3O/c21-15-8-12(32-10-11(9-31-32)19(24,25)26)3-4-14(15)18(22,23)6-5-16(33)13-2-1-7-30-17(13)20(27,28)29/h1-4,7-10H,5-6H2. The molecule has 3 rings (SSSR count). The molecule has 2 heterocycles. The molecule has 0 spiro atoms. The lowest BCUT2D eigenvalue weighted by molar-refractivity contribution is -0.141. The minimum atomic E-state index is -4.94. The van der Waals surface area contributed by atoms with Crippen LogP contribution in [-0.2, 0) is 18.3 Å². The molecule has 1 aromatic carbocycles. The number of nitrogens with zero attached hydrogens (tertiary/aromatic N) is 3. The van der Waals surface area contributed by atoms with E-state index in [2.05, 4.69) is 10.1 Å². The van der Waals surface area contributed by atoms with Gasteiger partial charge in [-0.2, -0.15) is 31.4 Å². The molecular weight excluding hydrogens is 486 g/mol. The van der Waals surface area contributed by atoms with Gasteiger partial charge in [-0.1, -0.05) is 11.6 Å². The minimum Gasteiger partial charge on any atom is -0.294 e. The van der Waals surface area contributed by atoms with Crippen molar-refractivity contribution in [1.29, 1.82) is 0 Å². The molecule has 0 aliphatic heterocycles. The van der Waals surface area contributed by atoms with Gasteiger partial charge >= 0.3 is 12.4 Å². The maximum atomic E-state index is 14.7. The number of hydrogen-bond donors (Lipinski definition) is 0. The minimum absolute atomic E-state index is 0.0312. The summed E-state index contributed by atoms with van der Waals surface area (Å²) in [5.74, 6) is -4.90. The first kappa shape index (κ1) is 24.6. The van der Waals surface area contributed by atoms with Crippen LogP contribution in [0.3, 0.4) is 0 Å². The van der Waals surface area contributed by atoms with E-state index in [4.69, 9.17) is 11.6 Å². The van der Waals surface area contributed by atoms with Gasteiger partial charge in [-0.25, -0.2) is 13.5 Å². The summed E-state index contributed by atoms with van der Waals surface area (Å²) < 4.78 is 107. The molecule has 0 N–H and O–H groups in total. The van der Waals surface area contributed by atoms with Crippen LogP contribution in [0.5, 0.6) is 0 Å². The number of ketones is 1. The smallest absolute Gasteiger partial charge is 0.294 e. The summed E-state index contributed by atoms with van der Waals surface area (Å²) in [5, 5.41) is 2.99. The third-order valence-electron chi connectivity index (χ3n) is 4.56. The van der Waals surface area contributed by atoms with Crippen LogP contribution in [0.4, 0.5) is 35.1 Å². The van der Waals surface area contributed by atoms with Crippen molar-refractivity contribution in [3.05, 3.63) is 76.3 Å². The summed E-state index contributed by atoms with van der Waals surface area (Å²) in [4.78, 5) is 15.3. The average molecular weight is 498 g/mol. The van der Waals surface area contributed by atoms with Gasteiger partial charge in [-0.05, 0) is 30.3 Å². The third kappa shape index (κ3) is 5.49. The van der Waals surface area contributed by atoms with E-state index in [9.17, 15) is 39.9 Å². The maximum absolute atomic E-state index is 14.7. The molecule has 0 bridgehead atoms. The van der Waals surface area contributed by atoms with E-state index in [0.717, 1.165) is 41.2 Å². The van der Waals surface area contributed by atoms with Crippen molar-refractivity contribution < 1.29 is 39.9 Å². The number of benzene rings is 1. The summed E-state index contributed by atoms with van der Waals surface area (Å²) in [5.41, 5.74) is -4.14. The second-order valence-corrected chi connectivity index (χ2v) is 7.27. The van der Waals surface area contributed by atoms with Crippen LogP contribution in [0.15, 0.2) is 48.9 Å². The lowest BCUT2D eigenvalue weighted by Gasteiger charge is -2.19. The number of pyridine rings is 1. The zero-order chi connectivity index (χ0) is 24.6. The first-order chi connectivity index (χ1) is 15.2. The molecule has 0 amide bonds. The van der Waals surface area contributed by atoms with Gasteiger partial charge in [-0.15, -0.1) is 0 Å². The first-order valence-electron chi connectivity index (χ1n) is 9.05. The van der Waals surface area contributed by atoms with Crippen LogP contribution in [0.25, 0.3) is 5.69 Å². The normalized spacial score (nSPS) is 12.8. The SMILES string of the molecule is O=C(CCC(F)(F)c1ccc(-n2cc(C(F)(F)F)cn2)cc1Cl)c1cccnc1C(F)(F)F. The lowest BCUT2D eigenvalue weighted by Crippen LogP contribution is -2.19. The highest BCUT2D eigenvalue weighted by molar-refractivity contribution is 6.31. The predicted octanol–water partition coefficient (Wildman–Crippen LogP) is 6.71. The monoisotopic (exact) mass is 497 g/mol. The Morgan fingerprint density at radius 2 is 1.70 bits per heavy atom. The maximum Gasteiger partial charge on any atom is 0.434 e. The van der Waals surface area contributed by atoms with Gasteiger partial charge in [0.1, 0.15) is 0 Å². The van der Waals surface area contributed by atoms with Crippen LogP contribution in [-0.4, -0.2) is 20.5 Å². The number of Topliss-reactive ketones (excluding diaryl/α,β-unsaturated/α-hetero) is 1. The van der Waals surface area contributed by atoms with E-state index in [1.54, 1.807) is 0 Å². The second-order valence-electron chi connectivity index (χ2n) is 6.86. The molecule has 0 atom stereocenters. The van der Waals surface area contributed by atoms with E-state index >= 15 is 0 Å². The molecule has 0 unspecified atom stereocenters. The average Bonchev–Trinajstić information content (AvgIpc) is 3.22. The number of carbonyl (C=O) groups excluding carboxylic acids is 1. The number of halogens is 9. The largest absolute Gasteiger partial charge is 0.434 e. The number of aromatic nitrogens is 3. The number of alkyl halides is 8. The summed E-state index contributed by atoms with van der Waals surface area (Å²) >= 11 is 5.89. The summed E-state index contributed by atoms with van der Waals surface area (Å²) in [6.07, 6.45) is -9.66. The Bertz CT molecular complexity index is 1170. The molecule has 176 valence electrons. The quantitative estimate of drug-likeness (QED) is 0.281. The molecule has 0 fully saturated rings. The molecule has 33 heavy (non-hydrogen) atoms. The molecule has 2 aromatic heterocycles. The van der Waals surface area contributed by atoms with Gasteiger partial charge in [0, 0.05) is 36.4 Å². The third-order valence-corrected chi connectivity index (χ3v) is 4.88. The molecule has 13 heteroatoms. The Labute approximate surface area is 185 Å². The summed E-state index contributed by atoms with van der Waals surface area (Å²) in [7, 11) is 0. The van der Waals surface area contributed by atoms with Crippen LogP contribution in [0.2, 0.25) is 5.02 Å². The first-order valence-corrected chi connectivity index (χ1v) is 9.43. The van der Waals surface area contributed by atoms with Crippen molar-refractivity contribution in [3.8, 4) is 5.69 Å². The van der Waals surface area contributed by atoms with Crippen molar-refractivity contribution in [2.24, 2.45) is 0 Å². The Morgan fingerprint density at radius 1 is 1.00 bits per heavy atom. The van der Waals surface area contributed by atoms with E-state index < -0.39 is 64.3 Å².